The van der Waals surface area contributed by atoms with Crippen molar-refractivity contribution in [2.24, 2.45) is 0 Å². The van der Waals surface area contributed by atoms with E-state index in [9.17, 15) is 9.50 Å². The summed E-state index contributed by atoms with van der Waals surface area (Å²) >= 11 is 3.11. The molecule has 0 fully saturated rings. The van der Waals surface area contributed by atoms with Gasteiger partial charge >= 0.3 is 0 Å². The second-order valence-corrected chi connectivity index (χ2v) is 5.01. The van der Waals surface area contributed by atoms with Crippen LogP contribution in [0.4, 0.5) is 4.39 Å². The molecule has 1 aromatic heterocycles. The maximum atomic E-state index is 13.1. The minimum atomic E-state index is -0.685. The molecule has 0 amide bonds. The van der Waals surface area contributed by atoms with Crippen LogP contribution in [-0.4, -0.2) is 10.1 Å². The molecule has 1 unspecified atom stereocenters. The van der Waals surface area contributed by atoms with Crippen LogP contribution >= 0.6 is 15.9 Å². The van der Waals surface area contributed by atoms with Crippen LogP contribution in [0.1, 0.15) is 22.9 Å². The Morgan fingerprint density at radius 2 is 2.17 bits per heavy atom. The lowest BCUT2D eigenvalue weighted by Gasteiger charge is -2.12. The van der Waals surface area contributed by atoms with Crippen LogP contribution in [0, 0.1) is 12.7 Å². The Bertz CT molecular complexity index is 559. The van der Waals surface area contributed by atoms with E-state index in [4.69, 9.17) is 0 Å². The number of benzene rings is 1. The molecule has 2 nitrogen and oxygen atoms in total. The first-order valence-electron chi connectivity index (χ1n) is 5.61. The minimum absolute atomic E-state index is 0.333. The molecule has 0 spiro atoms. The van der Waals surface area contributed by atoms with Crippen molar-refractivity contribution < 1.29 is 9.50 Å². The fourth-order valence-electron chi connectivity index (χ4n) is 1.75. The average molecular weight is 310 g/mol. The first kappa shape index (κ1) is 13.2. The summed E-state index contributed by atoms with van der Waals surface area (Å²) in [7, 11) is 0. The lowest BCUT2D eigenvalue weighted by atomic mass is 10.0. The molecule has 18 heavy (non-hydrogen) atoms. The Morgan fingerprint density at radius 3 is 2.83 bits per heavy atom. The van der Waals surface area contributed by atoms with Crippen molar-refractivity contribution in [3.8, 4) is 0 Å². The Hall–Kier alpha value is -1.26. The summed E-state index contributed by atoms with van der Waals surface area (Å²) in [6, 6.07) is 8.34. The Balaban J connectivity index is 2.19. The molecule has 1 N–H and O–H groups in total. The van der Waals surface area contributed by atoms with Crippen molar-refractivity contribution in [3.63, 3.8) is 0 Å². The van der Waals surface area contributed by atoms with E-state index in [0.29, 0.717) is 16.5 Å². The molecule has 1 atom stereocenters. The Labute approximate surface area is 114 Å². The number of hydrogen-bond donors (Lipinski definition) is 1. The van der Waals surface area contributed by atoms with Gasteiger partial charge in [-0.1, -0.05) is 12.1 Å². The minimum Gasteiger partial charge on any atom is -0.388 e. The Kier molecular flexibility index (Phi) is 4.09. The highest BCUT2D eigenvalue weighted by molar-refractivity contribution is 9.10. The zero-order chi connectivity index (χ0) is 13.1. The highest BCUT2D eigenvalue weighted by Crippen LogP contribution is 2.24. The lowest BCUT2D eigenvalue weighted by Crippen LogP contribution is -2.05. The zero-order valence-electron chi connectivity index (χ0n) is 9.90. The van der Waals surface area contributed by atoms with Crippen LogP contribution in [0.25, 0.3) is 0 Å². The fourth-order valence-corrected chi connectivity index (χ4v) is 2.15. The van der Waals surface area contributed by atoms with Crippen LogP contribution in [0.5, 0.6) is 0 Å². The summed E-state index contributed by atoms with van der Waals surface area (Å²) in [6.45, 7) is 1.95. The van der Waals surface area contributed by atoms with E-state index >= 15 is 0 Å². The third kappa shape index (κ3) is 2.94. The topological polar surface area (TPSA) is 33.1 Å². The van der Waals surface area contributed by atoms with Crippen molar-refractivity contribution in [1.82, 2.24) is 4.98 Å². The summed E-state index contributed by atoms with van der Waals surface area (Å²) in [5.74, 6) is -0.333. The van der Waals surface area contributed by atoms with E-state index in [1.807, 2.05) is 19.1 Å². The van der Waals surface area contributed by atoms with Crippen molar-refractivity contribution >= 4 is 15.9 Å². The number of hydrogen-bond acceptors (Lipinski definition) is 2. The van der Waals surface area contributed by atoms with Gasteiger partial charge in [0.05, 0.1) is 10.6 Å². The maximum Gasteiger partial charge on any atom is 0.137 e. The molecular weight excluding hydrogens is 297 g/mol. The fraction of sp³-hybridized carbons (Fsp3) is 0.214. The molecule has 0 aliphatic heterocycles. The van der Waals surface area contributed by atoms with Gasteiger partial charge in [0.1, 0.15) is 5.82 Å². The van der Waals surface area contributed by atoms with Crippen molar-refractivity contribution in [2.45, 2.75) is 19.4 Å². The third-order valence-electron chi connectivity index (χ3n) is 2.83. The standard InChI is InChI=1S/C14H13BrFNO/c1-9-3-2-6-17-13(9)8-14(18)10-4-5-12(16)11(15)7-10/h2-7,14,18H,8H2,1H3. The molecule has 0 aliphatic carbocycles. The third-order valence-corrected chi connectivity index (χ3v) is 3.44. The van der Waals surface area contributed by atoms with E-state index in [2.05, 4.69) is 20.9 Å². The van der Waals surface area contributed by atoms with Gasteiger partial charge in [-0.2, -0.15) is 0 Å². The molecule has 1 aromatic carbocycles. The molecule has 1 heterocycles. The molecule has 2 rings (SSSR count). The molecule has 2 aromatic rings. The van der Waals surface area contributed by atoms with Gasteiger partial charge in [-0.3, -0.25) is 4.98 Å². The van der Waals surface area contributed by atoms with Crippen LogP contribution in [0.3, 0.4) is 0 Å². The van der Waals surface area contributed by atoms with Crippen molar-refractivity contribution in [1.29, 1.82) is 0 Å². The van der Waals surface area contributed by atoms with Crippen molar-refractivity contribution in [2.75, 3.05) is 0 Å². The summed E-state index contributed by atoms with van der Waals surface area (Å²) in [4.78, 5) is 4.24. The Morgan fingerprint density at radius 1 is 1.39 bits per heavy atom. The van der Waals surface area contributed by atoms with Gasteiger partial charge in [-0.05, 0) is 52.2 Å². The number of rotatable bonds is 3. The molecule has 4 heteroatoms. The number of nitrogens with zero attached hydrogens (tertiary/aromatic N) is 1. The van der Waals surface area contributed by atoms with Gasteiger partial charge in [-0.15, -0.1) is 0 Å². The van der Waals surface area contributed by atoms with E-state index in [1.54, 1.807) is 18.3 Å². The van der Waals surface area contributed by atoms with Gasteiger partial charge in [0.15, 0.2) is 0 Å². The first-order chi connectivity index (χ1) is 8.58. The number of pyridine rings is 1. The van der Waals surface area contributed by atoms with Gasteiger partial charge < -0.3 is 5.11 Å². The van der Waals surface area contributed by atoms with Crippen LogP contribution < -0.4 is 0 Å². The monoisotopic (exact) mass is 309 g/mol. The second kappa shape index (κ2) is 5.59. The average Bonchev–Trinajstić information content (AvgIpc) is 2.35. The van der Waals surface area contributed by atoms with E-state index < -0.39 is 6.10 Å². The normalized spacial score (nSPS) is 12.4. The number of aryl methyl sites for hydroxylation is 1. The number of halogens is 2. The number of aliphatic hydroxyl groups excluding tert-OH is 1. The molecule has 0 saturated heterocycles. The summed E-state index contributed by atoms with van der Waals surface area (Å²) in [5.41, 5.74) is 2.57. The largest absolute Gasteiger partial charge is 0.388 e. The van der Waals surface area contributed by atoms with Crippen molar-refractivity contribution in [3.05, 3.63) is 63.6 Å². The summed E-state index contributed by atoms with van der Waals surface area (Å²) < 4.78 is 13.5. The molecule has 0 radical (unpaired) electrons. The quantitative estimate of drug-likeness (QED) is 0.940. The smallest absolute Gasteiger partial charge is 0.137 e. The molecule has 94 valence electrons. The first-order valence-corrected chi connectivity index (χ1v) is 6.40. The predicted octanol–water partition coefficient (Wildman–Crippen LogP) is 3.57. The molecule has 0 aliphatic rings. The predicted molar refractivity (Wildman–Crippen MR) is 71.7 cm³/mol. The van der Waals surface area contributed by atoms with Gasteiger partial charge in [0, 0.05) is 18.3 Å². The van der Waals surface area contributed by atoms with Crippen LogP contribution in [0.2, 0.25) is 0 Å². The maximum absolute atomic E-state index is 13.1. The van der Waals surface area contributed by atoms with Crippen LogP contribution in [0.15, 0.2) is 41.0 Å². The highest BCUT2D eigenvalue weighted by Gasteiger charge is 2.12. The highest BCUT2D eigenvalue weighted by atomic mass is 79.9. The van der Waals surface area contributed by atoms with E-state index in [1.165, 1.54) is 6.07 Å². The second-order valence-electron chi connectivity index (χ2n) is 4.16. The summed E-state index contributed by atoms with van der Waals surface area (Å²) in [6.07, 6.45) is 1.44. The van der Waals surface area contributed by atoms with Gasteiger partial charge in [0.25, 0.3) is 0 Å². The number of aromatic nitrogens is 1. The molecule has 0 saturated carbocycles. The summed E-state index contributed by atoms with van der Waals surface area (Å²) in [5, 5.41) is 10.1. The van der Waals surface area contributed by atoms with Gasteiger partial charge in [0.2, 0.25) is 0 Å². The molecular formula is C14H13BrFNO. The lowest BCUT2D eigenvalue weighted by molar-refractivity contribution is 0.177. The van der Waals surface area contributed by atoms with E-state index in [0.717, 1.165) is 11.3 Å². The number of aliphatic hydroxyl groups is 1. The zero-order valence-corrected chi connectivity index (χ0v) is 11.5. The SMILES string of the molecule is Cc1cccnc1CC(O)c1ccc(F)c(Br)c1. The molecule has 0 bridgehead atoms. The van der Waals surface area contributed by atoms with Crippen LogP contribution in [-0.2, 0) is 6.42 Å². The van der Waals surface area contributed by atoms with Gasteiger partial charge in [-0.25, -0.2) is 4.39 Å². The van der Waals surface area contributed by atoms with E-state index in [-0.39, 0.29) is 5.82 Å².